The van der Waals surface area contributed by atoms with Gasteiger partial charge in [0.25, 0.3) is 0 Å². The lowest BCUT2D eigenvalue weighted by Gasteiger charge is -2.04. The predicted molar refractivity (Wildman–Crippen MR) is 33.4 cm³/mol. The third-order valence-electron chi connectivity index (χ3n) is 0.634. The van der Waals surface area contributed by atoms with Crippen LogP contribution < -0.4 is 5.73 Å². The fraction of sp³-hybridized carbons (Fsp3) is 1.00. The molecule has 2 N–H and O–H groups in total. The van der Waals surface area contributed by atoms with E-state index in [1.165, 1.54) is 0 Å². The summed E-state index contributed by atoms with van der Waals surface area (Å²) in [6.45, 7) is 0. The van der Waals surface area contributed by atoms with Crippen LogP contribution in [0.2, 0.25) is 0 Å². The highest BCUT2D eigenvalue weighted by atomic mass is 32.2. The summed E-state index contributed by atoms with van der Waals surface area (Å²) in [5.41, 5.74) is 5.34. The van der Waals surface area contributed by atoms with E-state index >= 15 is 0 Å². The molecule has 0 amide bonds. The molecule has 0 spiro atoms. The lowest BCUT2D eigenvalue weighted by molar-refractivity contribution is 0.128. The van der Waals surface area contributed by atoms with Gasteiger partial charge in [0.15, 0.2) is 0 Å². The van der Waals surface area contributed by atoms with Gasteiger partial charge in [-0.2, -0.15) is 11.8 Å². The molecule has 1 atom stereocenters. The van der Waals surface area contributed by atoms with Crippen LogP contribution in [-0.2, 0) is 4.74 Å². The van der Waals surface area contributed by atoms with Crippen molar-refractivity contribution < 1.29 is 4.74 Å². The molecule has 0 saturated heterocycles. The minimum absolute atomic E-state index is 0.0880. The molecule has 0 saturated carbocycles. The van der Waals surface area contributed by atoms with Crippen molar-refractivity contribution in [3.05, 3.63) is 0 Å². The minimum atomic E-state index is -0.0880. The summed E-state index contributed by atoms with van der Waals surface area (Å²) in [7, 11) is 1.61. The van der Waals surface area contributed by atoms with Gasteiger partial charge in [-0.05, 0) is 6.26 Å². The van der Waals surface area contributed by atoms with Crippen molar-refractivity contribution >= 4 is 11.8 Å². The summed E-state index contributed by atoms with van der Waals surface area (Å²) in [5.74, 6) is 0.872. The van der Waals surface area contributed by atoms with E-state index in [0.717, 1.165) is 5.75 Å². The zero-order chi connectivity index (χ0) is 5.70. The molecular weight excluding hydrogens is 110 g/mol. The van der Waals surface area contributed by atoms with Gasteiger partial charge < -0.3 is 10.5 Å². The van der Waals surface area contributed by atoms with Gasteiger partial charge in [-0.3, -0.25) is 0 Å². The minimum Gasteiger partial charge on any atom is -0.366 e. The second-order valence-corrected chi connectivity index (χ2v) is 2.14. The van der Waals surface area contributed by atoms with Gasteiger partial charge in [0.1, 0.15) is 6.23 Å². The van der Waals surface area contributed by atoms with Gasteiger partial charge in [0, 0.05) is 12.9 Å². The third kappa shape index (κ3) is 4.12. The Morgan fingerprint density at radius 1 is 1.86 bits per heavy atom. The summed E-state index contributed by atoms with van der Waals surface area (Å²) in [6.07, 6.45) is 1.91. The van der Waals surface area contributed by atoms with Gasteiger partial charge in [-0.15, -0.1) is 0 Å². The van der Waals surface area contributed by atoms with E-state index < -0.39 is 0 Å². The summed E-state index contributed by atoms with van der Waals surface area (Å²) in [4.78, 5) is 0. The molecule has 1 unspecified atom stereocenters. The highest BCUT2D eigenvalue weighted by molar-refractivity contribution is 7.98. The Bertz CT molecular complexity index is 42.7. The number of ether oxygens (including phenoxy) is 1. The molecule has 0 radical (unpaired) electrons. The summed E-state index contributed by atoms with van der Waals surface area (Å²) in [5, 5.41) is 0. The molecular formula is C4H11NOS. The molecule has 0 rings (SSSR count). The molecule has 0 heterocycles. The van der Waals surface area contributed by atoms with Crippen LogP contribution >= 0.6 is 11.8 Å². The van der Waals surface area contributed by atoms with Crippen LogP contribution in [-0.4, -0.2) is 25.3 Å². The molecule has 0 aromatic carbocycles. The van der Waals surface area contributed by atoms with Crippen LogP contribution in [0, 0.1) is 0 Å². The summed E-state index contributed by atoms with van der Waals surface area (Å²) < 4.78 is 4.75. The average Bonchev–Trinajstić information content (AvgIpc) is 1.68. The Morgan fingerprint density at radius 2 is 2.43 bits per heavy atom. The lowest BCUT2D eigenvalue weighted by Crippen LogP contribution is -2.24. The monoisotopic (exact) mass is 121 g/mol. The average molecular weight is 121 g/mol. The van der Waals surface area contributed by atoms with Gasteiger partial charge in [0.05, 0.1) is 0 Å². The van der Waals surface area contributed by atoms with E-state index in [1.807, 2.05) is 6.26 Å². The standard InChI is InChI=1S/C4H11NOS/c1-6-4(5)3-7-2/h4H,3,5H2,1-2H3. The van der Waals surface area contributed by atoms with E-state index in [-0.39, 0.29) is 6.23 Å². The second-order valence-electron chi connectivity index (χ2n) is 1.23. The van der Waals surface area contributed by atoms with E-state index in [0.29, 0.717) is 0 Å². The molecule has 0 aliphatic heterocycles. The van der Waals surface area contributed by atoms with Crippen LogP contribution in [0.4, 0.5) is 0 Å². The van der Waals surface area contributed by atoms with Gasteiger partial charge in [-0.1, -0.05) is 0 Å². The zero-order valence-electron chi connectivity index (χ0n) is 4.68. The second kappa shape index (κ2) is 4.43. The quantitative estimate of drug-likeness (QED) is 0.545. The maximum Gasteiger partial charge on any atom is 0.114 e. The largest absolute Gasteiger partial charge is 0.366 e. The molecule has 0 aromatic heterocycles. The van der Waals surface area contributed by atoms with Gasteiger partial charge >= 0.3 is 0 Å². The molecule has 44 valence electrons. The molecule has 7 heavy (non-hydrogen) atoms. The Labute approximate surface area is 48.4 Å². The zero-order valence-corrected chi connectivity index (χ0v) is 5.49. The fourth-order valence-corrected chi connectivity index (χ4v) is 0.697. The molecule has 2 nitrogen and oxygen atoms in total. The Hall–Kier alpha value is 0.270. The van der Waals surface area contributed by atoms with Gasteiger partial charge in [0.2, 0.25) is 0 Å². The van der Waals surface area contributed by atoms with Gasteiger partial charge in [-0.25, -0.2) is 0 Å². The first kappa shape index (κ1) is 7.27. The fourth-order valence-electron chi connectivity index (χ4n) is 0.232. The van der Waals surface area contributed by atoms with Crippen LogP contribution in [0.15, 0.2) is 0 Å². The van der Waals surface area contributed by atoms with Crippen LogP contribution in [0.1, 0.15) is 0 Å². The smallest absolute Gasteiger partial charge is 0.114 e. The first-order valence-electron chi connectivity index (χ1n) is 2.08. The number of thioether (sulfide) groups is 1. The normalized spacial score (nSPS) is 14.1. The number of hydrogen-bond acceptors (Lipinski definition) is 3. The lowest BCUT2D eigenvalue weighted by atomic mass is 10.7. The number of hydrogen-bond donors (Lipinski definition) is 1. The highest BCUT2D eigenvalue weighted by Gasteiger charge is 1.93. The SMILES string of the molecule is COC(N)CSC. The van der Waals surface area contributed by atoms with Crippen molar-refractivity contribution in [2.45, 2.75) is 6.23 Å². The van der Waals surface area contributed by atoms with Crippen LogP contribution in [0.3, 0.4) is 0 Å². The highest BCUT2D eigenvalue weighted by Crippen LogP contribution is 1.93. The third-order valence-corrected chi connectivity index (χ3v) is 1.30. The van der Waals surface area contributed by atoms with Crippen molar-refractivity contribution in [3.8, 4) is 0 Å². The Morgan fingerprint density at radius 3 is 2.57 bits per heavy atom. The first-order valence-corrected chi connectivity index (χ1v) is 3.48. The molecule has 0 aliphatic carbocycles. The molecule has 0 aromatic rings. The van der Waals surface area contributed by atoms with Crippen molar-refractivity contribution in [2.24, 2.45) is 5.73 Å². The maximum atomic E-state index is 5.34. The number of rotatable bonds is 3. The van der Waals surface area contributed by atoms with E-state index in [1.54, 1.807) is 18.9 Å². The Balaban J connectivity index is 2.83. The summed E-state index contributed by atoms with van der Waals surface area (Å²) in [6, 6.07) is 0. The van der Waals surface area contributed by atoms with Crippen molar-refractivity contribution in [3.63, 3.8) is 0 Å². The van der Waals surface area contributed by atoms with E-state index in [2.05, 4.69) is 0 Å². The predicted octanol–water partition coefficient (Wildman–Crippen LogP) is 0.281. The van der Waals surface area contributed by atoms with E-state index in [4.69, 9.17) is 10.5 Å². The molecule has 0 aliphatic rings. The van der Waals surface area contributed by atoms with Crippen LogP contribution in [0.25, 0.3) is 0 Å². The Kier molecular flexibility index (Phi) is 4.60. The first-order chi connectivity index (χ1) is 3.31. The van der Waals surface area contributed by atoms with Crippen LogP contribution in [0.5, 0.6) is 0 Å². The van der Waals surface area contributed by atoms with Crippen molar-refractivity contribution in [1.29, 1.82) is 0 Å². The topological polar surface area (TPSA) is 35.2 Å². The summed E-state index contributed by atoms with van der Waals surface area (Å²) >= 11 is 1.68. The molecule has 3 heteroatoms. The van der Waals surface area contributed by atoms with Crippen molar-refractivity contribution in [2.75, 3.05) is 19.1 Å². The van der Waals surface area contributed by atoms with Crippen molar-refractivity contribution in [1.82, 2.24) is 0 Å². The number of methoxy groups -OCH3 is 1. The molecule has 0 fully saturated rings. The van der Waals surface area contributed by atoms with E-state index in [9.17, 15) is 0 Å². The molecule has 0 bridgehead atoms. The number of nitrogens with two attached hydrogens (primary N) is 1. The maximum absolute atomic E-state index is 5.34.